The lowest BCUT2D eigenvalue weighted by Crippen LogP contribution is -2.31. The van der Waals surface area contributed by atoms with E-state index in [9.17, 15) is 4.79 Å². The molecule has 0 aliphatic carbocycles. The van der Waals surface area contributed by atoms with Crippen LogP contribution < -0.4 is 5.32 Å². The molecule has 1 atom stereocenters. The van der Waals surface area contributed by atoms with Crippen LogP contribution in [0, 0.1) is 13.8 Å². The van der Waals surface area contributed by atoms with E-state index in [1.165, 1.54) is 0 Å². The molecule has 1 aliphatic heterocycles. The molecule has 2 heterocycles. The maximum atomic E-state index is 11.7. The Bertz CT molecular complexity index is 389. The second-order valence-electron chi connectivity index (χ2n) is 4.74. The van der Waals surface area contributed by atoms with E-state index in [0.717, 1.165) is 36.5 Å². The van der Waals surface area contributed by atoms with Crippen LogP contribution in [0.15, 0.2) is 4.52 Å². The summed E-state index contributed by atoms with van der Waals surface area (Å²) in [5.74, 6) is 0.866. The number of aromatic nitrogens is 1. The Morgan fingerprint density at radius 1 is 1.50 bits per heavy atom. The molecule has 0 radical (unpaired) electrons. The molecule has 1 aliphatic rings. The standard InChI is InChI=1S/C13H20N2O3/c1-9-12(10(2)18-15-9)5-6-13(16)14-8-11-4-3-7-17-11/h11H,3-8H2,1-2H3,(H,14,16)/t11-/m0/s1. The fourth-order valence-electron chi connectivity index (χ4n) is 2.22. The molecule has 100 valence electrons. The SMILES string of the molecule is Cc1noc(C)c1CCC(=O)NC[C@@H]1CCCO1. The van der Waals surface area contributed by atoms with Gasteiger partial charge in [-0.3, -0.25) is 4.79 Å². The quantitative estimate of drug-likeness (QED) is 0.863. The Morgan fingerprint density at radius 3 is 2.94 bits per heavy atom. The molecule has 0 unspecified atom stereocenters. The van der Waals surface area contributed by atoms with E-state index in [2.05, 4.69) is 10.5 Å². The van der Waals surface area contributed by atoms with Crippen molar-refractivity contribution in [1.82, 2.24) is 10.5 Å². The summed E-state index contributed by atoms with van der Waals surface area (Å²) in [7, 11) is 0. The molecule has 0 bridgehead atoms. The first-order valence-corrected chi connectivity index (χ1v) is 6.47. The van der Waals surface area contributed by atoms with Gasteiger partial charge in [0.25, 0.3) is 0 Å². The largest absolute Gasteiger partial charge is 0.376 e. The molecule has 1 N–H and O–H groups in total. The van der Waals surface area contributed by atoms with Crippen molar-refractivity contribution in [3.63, 3.8) is 0 Å². The van der Waals surface area contributed by atoms with Crippen LogP contribution in [-0.4, -0.2) is 30.3 Å². The van der Waals surface area contributed by atoms with Crippen LogP contribution in [0.5, 0.6) is 0 Å². The number of carbonyl (C=O) groups is 1. The number of rotatable bonds is 5. The van der Waals surface area contributed by atoms with E-state index < -0.39 is 0 Å². The molecule has 1 fully saturated rings. The van der Waals surface area contributed by atoms with Crippen molar-refractivity contribution >= 4 is 5.91 Å². The van der Waals surface area contributed by atoms with Crippen LogP contribution in [0.25, 0.3) is 0 Å². The Balaban J connectivity index is 1.71. The lowest BCUT2D eigenvalue weighted by molar-refractivity contribution is -0.121. The molecule has 1 saturated heterocycles. The van der Waals surface area contributed by atoms with Gasteiger partial charge in [0.15, 0.2) is 0 Å². The minimum atomic E-state index is 0.0606. The summed E-state index contributed by atoms with van der Waals surface area (Å²) in [5.41, 5.74) is 1.92. The van der Waals surface area contributed by atoms with E-state index in [0.29, 0.717) is 19.4 Å². The molecule has 18 heavy (non-hydrogen) atoms. The summed E-state index contributed by atoms with van der Waals surface area (Å²) in [6, 6.07) is 0. The Labute approximate surface area is 107 Å². The van der Waals surface area contributed by atoms with Crippen LogP contribution in [0.3, 0.4) is 0 Å². The van der Waals surface area contributed by atoms with Crippen molar-refractivity contribution in [2.24, 2.45) is 0 Å². The van der Waals surface area contributed by atoms with Gasteiger partial charge in [-0.05, 0) is 33.1 Å². The summed E-state index contributed by atoms with van der Waals surface area (Å²) in [4.78, 5) is 11.7. The van der Waals surface area contributed by atoms with Gasteiger partial charge in [-0.15, -0.1) is 0 Å². The maximum Gasteiger partial charge on any atom is 0.220 e. The molecule has 5 nitrogen and oxygen atoms in total. The summed E-state index contributed by atoms with van der Waals surface area (Å²) >= 11 is 0. The number of nitrogens with zero attached hydrogens (tertiary/aromatic N) is 1. The molecular formula is C13H20N2O3. The summed E-state index contributed by atoms with van der Waals surface area (Å²) in [6.45, 7) is 5.22. The van der Waals surface area contributed by atoms with Crippen molar-refractivity contribution in [3.8, 4) is 0 Å². The summed E-state index contributed by atoms with van der Waals surface area (Å²) in [5, 5.41) is 6.79. The van der Waals surface area contributed by atoms with Gasteiger partial charge in [0.1, 0.15) is 5.76 Å². The first-order chi connectivity index (χ1) is 8.66. The highest BCUT2D eigenvalue weighted by Gasteiger charge is 2.16. The minimum Gasteiger partial charge on any atom is -0.376 e. The molecule has 0 aromatic carbocycles. The van der Waals surface area contributed by atoms with Gasteiger partial charge in [0.2, 0.25) is 5.91 Å². The third-order valence-corrected chi connectivity index (χ3v) is 3.33. The van der Waals surface area contributed by atoms with Crippen LogP contribution in [0.4, 0.5) is 0 Å². The van der Waals surface area contributed by atoms with E-state index >= 15 is 0 Å². The van der Waals surface area contributed by atoms with Gasteiger partial charge >= 0.3 is 0 Å². The highest BCUT2D eigenvalue weighted by molar-refractivity contribution is 5.76. The lowest BCUT2D eigenvalue weighted by atomic mass is 10.1. The van der Waals surface area contributed by atoms with E-state index in [-0.39, 0.29) is 12.0 Å². The monoisotopic (exact) mass is 252 g/mol. The van der Waals surface area contributed by atoms with E-state index in [1.807, 2.05) is 13.8 Å². The van der Waals surface area contributed by atoms with Crippen molar-refractivity contribution in [3.05, 3.63) is 17.0 Å². The molecule has 1 amide bonds. The molecule has 0 saturated carbocycles. The number of carbonyl (C=O) groups excluding carboxylic acids is 1. The molecule has 0 spiro atoms. The average molecular weight is 252 g/mol. The summed E-state index contributed by atoms with van der Waals surface area (Å²) < 4.78 is 10.5. The average Bonchev–Trinajstić information content (AvgIpc) is 2.96. The van der Waals surface area contributed by atoms with Gasteiger partial charge < -0.3 is 14.6 Å². The zero-order valence-corrected chi connectivity index (χ0v) is 11.0. The maximum absolute atomic E-state index is 11.7. The van der Waals surface area contributed by atoms with Crippen molar-refractivity contribution < 1.29 is 14.1 Å². The van der Waals surface area contributed by atoms with Crippen molar-refractivity contribution in [1.29, 1.82) is 0 Å². The Morgan fingerprint density at radius 2 is 2.33 bits per heavy atom. The second kappa shape index (κ2) is 6.00. The number of amides is 1. The third kappa shape index (κ3) is 3.32. The highest BCUT2D eigenvalue weighted by atomic mass is 16.5. The van der Waals surface area contributed by atoms with Gasteiger partial charge in [-0.2, -0.15) is 0 Å². The van der Waals surface area contributed by atoms with Crippen LogP contribution >= 0.6 is 0 Å². The lowest BCUT2D eigenvalue weighted by Gasteiger charge is -2.10. The smallest absolute Gasteiger partial charge is 0.220 e. The Hall–Kier alpha value is -1.36. The molecular weight excluding hydrogens is 232 g/mol. The van der Waals surface area contributed by atoms with Gasteiger partial charge in [-0.25, -0.2) is 0 Å². The fraction of sp³-hybridized carbons (Fsp3) is 0.692. The van der Waals surface area contributed by atoms with Crippen LogP contribution in [0.2, 0.25) is 0 Å². The van der Waals surface area contributed by atoms with Crippen molar-refractivity contribution in [2.75, 3.05) is 13.2 Å². The summed E-state index contributed by atoms with van der Waals surface area (Å²) in [6.07, 6.45) is 3.49. The van der Waals surface area contributed by atoms with E-state index in [4.69, 9.17) is 9.26 Å². The highest BCUT2D eigenvalue weighted by Crippen LogP contribution is 2.14. The Kier molecular flexibility index (Phi) is 4.36. The molecule has 1 aromatic rings. The number of nitrogens with one attached hydrogen (secondary N) is 1. The van der Waals surface area contributed by atoms with Crippen molar-refractivity contribution in [2.45, 2.75) is 45.6 Å². The van der Waals surface area contributed by atoms with Crippen LogP contribution in [-0.2, 0) is 16.0 Å². The normalized spacial score (nSPS) is 19.1. The first kappa shape index (κ1) is 13.1. The number of hydrogen-bond donors (Lipinski definition) is 1. The zero-order chi connectivity index (χ0) is 13.0. The molecule has 5 heteroatoms. The molecule has 1 aromatic heterocycles. The number of aryl methyl sites for hydroxylation is 2. The number of hydrogen-bond acceptors (Lipinski definition) is 4. The van der Waals surface area contributed by atoms with Crippen LogP contribution in [0.1, 0.15) is 36.3 Å². The number of ether oxygens (including phenoxy) is 1. The van der Waals surface area contributed by atoms with Gasteiger partial charge in [0.05, 0.1) is 11.8 Å². The van der Waals surface area contributed by atoms with E-state index in [1.54, 1.807) is 0 Å². The predicted molar refractivity (Wildman–Crippen MR) is 66.3 cm³/mol. The fourth-order valence-corrected chi connectivity index (χ4v) is 2.22. The van der Waals surface area contributed by atoms with Gasteiger partial charge in [-0.1, -0.05) is 5.16 Å². The zero-order valence-electron chi connectivity index (χ0n) is 11.0. The van der Waals surface area contributed by atoms with Gasteiger partial charge in [0, 0.05) is 25.1 Å². The third-order valence-electron chi connectivity index (χ3n) is 3.33. The first-order valence-electron chi connectivity index (χ1n) is 6.47. The second-order valence-corrected chi connectivity index (χ2v) is 4.74. The predicted octanol–water partition coefficient (Wildman–Crippen LogP) is 1.52. The topological polar surface area (TPSA) is 64.4 Å². The molecule has 2 rings (SSSR count). The minimum absolute atomic E-state index is 0.0606.